The van der Waals surface area contributed by atoms with Gasteiger partial charge in [0, 0.05) is 12.5 Å². The number of amides is 2. The molecule has 0 radical (unpaired) electrons. The Balaban J connectivity index is 1.64. The van der Waals surface area contributed by atoms with Gasteiger partial charge in [0.25, 0.3) is 5.69 Å². The first-order chi connectivity index (χ1) is 12.5. The lowest BCUT2D eigenvalue weighted by molar-refractivity contribution is -0.383. The standard InChI is InChI=1S/C17H14N4O4S/c22-15(19-12-8-4-5-9-13(12)21(24)25)10-14-16(23)20-17(26-14)18-11-6-2-1-3-7-11/h1-9,14H,10H2,(H,19,22)(H,18,20,23)/t14-/m0/s1. The molecule has 2 aromatic carbocycles. The number of nitrogens with one attached hydrogen (secondary N) is 2. The number of hydrogen-bond donors (Lipinski definition) is 2. The van der Waals surface area contributed by atoms with Crippen molar-refractivity contribution in [3.05, 3.63) is 64.7 Å². The van der Waals surface area contributed by atoms with Crippen molar-refractivity contribution in [1.82, 2.24) is 5.32 Å². The fourth-order valence-electron chi connectivity index (χ4n) is 2.32. The van der Waals surface area contributed by atoms with Crippen molar-refractivity contribution >= 4 is 45.8 Å². The first-order valence-corrected chi connectivity index (χ1v) is 8.55. The molecule has 0 saturated carbocycles. The van der Waals surface area contributed by atoms with Gasteiger partial charge in [-0.3, -0.25) is 19.7 Å². The van der Waals surface area contributed by atoms with Gasteiger partial charge >= 0.3 is 0 Å². The van der Waals surface area contributed by atoms with Crippen LogP contribution in [-0.4, -0.2) is 27.2 Å². The Bertz CT molecular complexity index is 885. The summed E-state index contributed by atoms with van der Waals surface area (Å²) in [5.41, 5.74) is 0.597. The minimum Gasteiger partial charge on any atom is -0.320 e. The maximum absolute atomic E-state index is 12.2. The molecule has 26 heavy (non-hydrogen) atoms. The van der Waals surface area contributed by atoms with E-state index < -0.39 is 16.1 Å². The van der Waals surface area contributed by atoms with Crippen LogP contribution in [0.1, 0.15) is 6.42 Å². The Labute approximate surface area is 152 Å². The van der Waals surface area contributed by atoms with Crippen LogP contribution in [0.2, 0.25) is 0 Å². The van der Waals surface area contributed by atoms with Crippen LogP contribution in [0.3, 0.4) is 0 Å². The molecule has 0 spiro atoms. The van der Waals surface area contributed by atoms with Gasteiger partial charge in [-0.15, -0.1) is 0 Å². The van der Waals surface area contributed by atoms with Gasteiger partial charge in [0.15, 0.2) is 5.17 Å². The topological polar surface area (TPSA) is 114 Å². The first kappa shape index (κ1) is 17.6. The van der Waals surface area contributed by atoms with Gasteiger partial charge in [-0.05, 0) is 18.2 Å². The zero-order valence-electron chi connectivity index (χ0n) is 13.4. The number of hydrogen-bond acceptors (Lipinski definition) is 6. The quantitative estimate of drug-likeness (QED) is 0.620. The number of thioether (sulfide) groups is 1. The highest BCUT2D eigenvalue weighted by Gasteiger charge is 2.32. The number of nitro groups is 1. The number of rotatable bonds is 5. The highest BCUT2D eigenvalue weighted by Crippen LogP contribution is 2.27. The number of nitrogens with zero attached hydrogens (tertiary/aromatic N) is 2. The maximum Gasteiger partial charge on any atom is 0.292 e. The molecule has 3 rings (SSSR count). The summed E-state index contributed by atoms with van der Waals surface area (Å²) >= 11 is 1.16. The van der Waals surface area contributed by atoms with Gasteiger partial charge in [0.05, 0.1) is 10.6 Å². The van der Waals surface area contributed by atoms with Crippen molar-refractivity contribution in [2.75, 3.05) is 5.32 Å². The molecule has 0 bridgehead atoms. The molecule has 0 aromatic heterocycles. The summed E-state index contributed by atoms with van der Waals surface area (Å²) in [7, 11) is 0. The van der Waals surface area contributed by atoms with Crippen LogP contribution in [0.25, 0.3) is 0 Å². The predicted molar refractivity (Wildman–Crippen MR) is 99.4 cm³/mol. The molecule has 2 aromatic rings. The number of benzene rings is 2. The van der Waals surface area contributed by atoms with Crippen molar-refractivity contribution < 1.29 is 14.5 Å². The second-order valence-electron chi connectivity index (χ2n) is 5.37. The van der Waals surface area contributed by atoms with Gasteiger partial charge in [-0.25, -0.2) is 4.99 Å². The summed E-state index contributed by atoms with van der Waals surface area (Å²) in [5, 5.41) is 15.9. The van der Waals surface area contributed by atoms with Crippen molar-refractivity contribution in [2.45, 2.75) is 11.7 Å². The van der Waals surface area contributed by atoms with E-state index in [0.29, 0.717) is 10.9 Å². The van der Waals surface area contributed by atoms with Crippen molar-refractivity contribution in [3.63, 3.8) is 0 Å². The zero-order chi connectivity index (χ0) is 18.5. The molecule has 2 amide bonds. The second-order valence-corrected chi connectivity index (χ2v) is 6.57. The van der Waals surface area contributed by atoms with E-state index in [9.17, 15) is 19.7 Å². The zero-order valence-corrected chi connectivity index (χ0v) is 14.2. The van der Waals surface area contributed by atoms with E-state index >= 15 is 0 Å². The molecule has 1 fully saturated rings. The highest BCUT2D eigenvalue weighted by atomic mass is 32.2. The van der Waals surface area contributed by atoms with Gasteiger partial charge < -0.3 is 10.6 Å². The molecule has 9 heteroatoms. The van der Waals surface area contributed by atoms with Crippen molar-refractivity contribution in [1.29, 1.82) is 0 Å². The van der Waals surface area contributed by atoms with E-state index in [-0.39, 0.29) is 23.7 Å². The Morgan fingerprint density at radius 3 is 2.62 bits per heavy atom. The van der Waals surface area contributed by atoms with E-state index in [1.807, 2.05) is 18.2 Å². The number of amidine groups is 1. The van der Waals surface area contributed by atoms with Gasteiger partial charge in [0.1, 0.15) is 10.9 Å². The van der Waals surface area contributed by atoms with E-state index in [2.05, 4.69) is 15.6 Å². The third-order valence-electron chi connectivity index (χ3n) is 3.51. The lowest BCUT2D eigenvalue weighted by atomic mass is 10.2. The van der Waals surface area contributed by atoms with E-state index in [1.54, 1.807) is 18.2 Å². The minimum atomic E-state index is -0.639. The van der Waals surface area contributed by atoms with Crippen molar-refractivity contribution in [2.24, 2.45) is 4.99 Å². The summed E-state index contributed by atoms with van der Waals surface area (Å²) in [6.45, 7) is 0. The van der Waals surface area contributed by atoms with Crippen LogP contribution < -0.4 is 10.6 Å². The van der Waals surface area contributed by atoms with Crippen LogP contribution >= 0.6 is 11.8 Å². The summed E-state index contributed by atoms with van der Waals surface area (Å²) < 4.78 is 0. The van der Waals surface area contributed by atoms with E-state index in [0.717, 1.165) is 11.8 Å². The molecular weight excluding hydrogens is 356 g/mol. The average molecular weight is 370 g/mol. The third-order valence-corrected chi connectivity index (χ3v) is 4.59. The van der Waals surface area contributed by atoms with Crippen molar-refractivity contribution in [3.8, 4) is 0 Å². The number of anilines is 1. The lowest BCUT2D eigenvalue weighted by Crippen LogP contribution is -2.28. The molecular formula is C17H14N4O4S. The average Bonchev–Trinajstić information content (AvgIpc) is 2.95. The number of nitro benzene ring substituents is 1. The molecule has 1 heterocycles. The van der Waals surface area contributed by atoms with Gasteiger partial charge in [-0.2, -0.15) is 0 Å². The Morgan fingerprint density at radius 2 is 1.88 bits per heavy atom. The lowest BCUT2D eigenvalue weighted by Gasteiger charge is -2.07. The van der Waals surface area contributed by atoms with Crippen LogP contribution in [0.5, 0.6) is 0 Å². The Kier molecular flexibility index (Phi) is 5.28. The second kappa shape index (κ2) is 7.79. The molecule has 2 N–H and O–H groups in total. The molecule has 0 aliphatic carbocycles. The molecule has 132 valence electrons. The van der Waals surface area contributed by atoms with Crippen LogP contribution in [-0.2, 0) is 9.59 Å². The summed E-state index contributed by atoms with van der Waals surface area (Å²) in [5.74, 6) is -0.796. The van der Waals surface area contributed by atoms with E-state index in [4.69, 9.17) is 0 Å². The SMILES string of the molecule is O=C(C[C@@H]1SC(=Nc2ccccc2)NC1=O)Nc1ccccc1[N+](=O)[O-]. The smallest absolute Gasteiger partial charge is 0.292 e. The summed E-state index contributed by atoms with van der Waals surface area (Å²) in [6, 6.07) is 15.0. The van der Waals surface area contributed by atoms with Gasteiger partial charge in [0.2, 0.25) is 11.8 Å². The Hall–Kier alpha value is -3.20. The molecule has 1 aliphatic heterocycles. The molecule has 1 atom stereocenters. The third kappa shape index (κ3) is 4.25. The monoisotopic (exact) mass is 370 g/mol. The van der Waals surface area contributed by atoms with Crippen LogP contribution in [0.4, 0.5) is 17.1 Å². The first-order valence-electron chi connectivity index (χ1n) is 7.67. The molecule has 0 unspecified atom stereocenters. The normalized spacial score (nSPS) is 17.8. The summed E-state index contributed by atoms with van der Waals surface area (Å²) in [4.78, 5) is 39.0. The largest absolute Gasteiger partial charge is 0.320 e. The van der Waals surface area contributed by atoms with Gasteiger partial charge in [-0.1, -0.05) is 42.1 Å². The Morgan fingerprint density at radius 1 is 1.19 bits per heavy atom. The fourth-order valence-corrected chi connectivity index (χ4v) is 3.31. The number of carbonyl (C=O) groups is 2. The number of carbonyl (C=O) groups excluding carboxylic acids is 2. The van der Waals surface area contributed by atoms with Crippen LogP contribution in [0.15, 0.2) is 59.6 Å². The van der Waals surface area contributed by atoms with Crippen LogP contribution in [0, 0.1) is 10.1 Å². The van der Waals surface area contributed by atoms with E-state index in [1.165, 1.54) is 18.2 Å². The predicted octanol–water partition coefficient (Wildman–Crippen LogP) is 2.84. The fraction of sp³-hybridized carbons (Fsp3) is 0.118. The minimum absolute atomic E-state index is 0.101. The summed E-state index contributed by atoms with van der Waals surface area (Å²) in [6.07, 6.45) is -0.115. The number of aliphatic imine (C=N–C) groups is 1. The molecule has 8 nitrogen and oxygen atoms in total. The highest BCUT2D eigenvalue weighted by molar-refractivity contribution is 8.15. The molecule has 1 saturated heterocycles. The number of para-hydroxylation sites is 3. The maximum atomic E-state index is 12.2. The molecule has 1 aliphatic rings.